The van der Waals surface area contributed by atoms with Crippen molar-refractivity contribution in [2.45, 2.75) is 45.1 Å². The molecule has 1 unspecified atom stereocenters. The second kappa shape index (κ2) is 6.58. The van der Waals surface area contributed by atoms with Gasteiger partial charge in [-0.1, -0.05) is 19.3 Å². The lowest BCUT2D eigenvalue weighted by Gasteiger charge is -2.41. The molecule has 0 radical (unpaired) electrons. The monoisotopic (exact) mass is 228 g/mol. The Morgan fingerprint density at radius 1 is 1.31 bits per heavy atom. The predicted octanol–water partition coefficient (Wildman–Crippen LogP) is 1.47. The van der Waals surface area contributed by atoms with E-state index in [1.165, 1.54) is 32.1 Å². The normalized spacial score (nSPS) is 22.3. The van der Waals surface area contributed by atoms with Gasteiger partial charge in [0, 0.05) is 19.1 Å². The Kier molecular flexibility index (Phi) is 5.73. The van der Waals surface area contributed by atoms with Crippen molar-refractivity contribution >= 4 is 0 Å². The van der Waals surface area contributed by atoms with E-state index in [2.05, 4.69) is 24.2 Å². The number of aliphatic hydroxyl groups excluding tert-OH is 1. The third-order valence-corrected chi connectivity index (χ3v) is 4.07. The van der Waals surface area contributed by atoms with Crippen LogP contribution in [0.25, 0.3) is 0 Å². The number of hydrogen-bond donors (Lipinski definition) is 2. The highest BCUT2D eigenvalue weighted by molar-refractivity contribution is 4.87. The van der Waals surface area contributed by atoms with Crippen molar-refractivity contribution in [2.24, 2.45) is 5.41 Å². The summed E-state index contributed by atoms with van der Waals surface area (Å²) in [4.78, 5) is 2.31. The molecule has 1 saturated carbocycles. The first kappa shape index (κ1) is 13.9. The summed E-state index contributed by atoms with van der Waals surface area (Å²) in [6.45, 7) is 4.56. The molecular weight excluding hydrogens is 200 g/mol. The van der Waals surface area contributed by atoms with E-state index in [4.69, 9.17) is 0 Å². The molecule has 3 heteroatoms. The molecule has 0 aromatic rings. The van der Waals surface area contributed by atoms with E-state index in [1.54, 1.807) is 0 Å². The molecule has 1 fully saturated rings. The molecule has 0 bridgehead atoms. The van der Waals surface area contributed by atoms with E-state index < -0.39 is 0 Å². The molecule has 0 aromatic heterocycles. The molecular formula is C13H28N2O. The van der Waals surface area contributed by atoms with Gasteiger partial charge in [0.15, 0.2) is 0 Å². The third-order valence-electron chi connectivity index (χ3n) is 4.07. The minimum absolute atomic E-state index is 0.256. The van der Waals surface area contributed by atoms with Crippen molar-refractivity contribution in [2.75, 3.05) is 33.8 Å². The van der Waals surface area contributed by atoms with Gasteiger partial charge in [-0.3, -0.25) is 0 Å². The number of nitrogens with zero attached hydrogens (tertiary/aromatic N) is 1. The number of aliphatic hydroxyl groups is 1. The van der Waals surface area contributed by atoms with E-state index in [-0.39, 0.29) is 12.6 Å². The van der Waals surface area contributed by atoms with Crippen LogP contribution in [0.3, 0.4) is 0 Å². The lowest BCUT2D eigenvalue weighted by atomic mass is 9.73. The van der Waals surface area contributed by atoms with Crippen LogP contribution in [0.5, 0.6) is 0 Å². The van der Waals surface area contributed by atoms with Gasteiger partial charge < -0.3 is 15.3 Å². The first-order valence-electron chi connectivity index (χ1n) is 6.59. The van der Waals surface area contributed by atoms with Crippen LogP contribution in [0.15, 0.2) is 0 Å². The van der Waals surface area contributed by atoms with E-state index in [1.807, 2.05) is 7.05 Å². The molecule has 1 atom stereocenters. The minimum Gasteiger partial charge on any atom is -0.395 e. The van der Waals surface area contributed by atoms with Gasteiger partial charge in [-0.25, -0.2) is 0 Å². The van der Waals surface area contributed by atoms with Crippen molar-refractivity contribution in [3.8, 4) is 0 Å². The third kappa shape index (κ3) is 3.72. The first-order chi connectivity index (χ1) is 7.63. The molecule has 0 aliphatic heterocycles. The van der Waals surface area contributed by atoms with Crippen LogP contribution >= 0.6 is 0 Å². The topological polar surface area (TPSA) is 35.5 Å². The van der Waals surface area contributed by atoms with Gasteiger partial charge in [0.1, 0.15) is 0 Å². The van der Waals surface area contributed by atoms with Gasteiger partial charge >= 0.3 is 0 Å². The van der Waals surface area contributed by atoms with Crippen LogP contribution in [0.2, 0.25) is 0 Å². The predicted molar refractivity (Wildman–Crippen MR) is 68.6 cm³/mol. The summed E-state index contributed by atoms with van der Waals surface area (Å²) in [7, 11) is 4.18. The minimum atomic E-state index is 0.256. The molecule has 1 aliphatic rings. The van der Waals surface area contributed by atoms with Gasteiger partial charge in [-0.05, 0) is 39.3 Å². The molecule has 16 heavy (non-hydrogen) atoms. The first-order valence-corrected chi connectivity index (χ1v) is 6.59. The van der Waals surface area contributed by atoms with Crippen LogP contribution < -0.4 is 5.32 Å². The quantitative estimate of drug-likeness (QED) is 0.722. The molecule has 3 nitrogen and oxygen atoms in total. The molecule has 0 heterocycles. The second-order valence-corrected chi connectivity index (χ2v) is 5.54. The zero-order valence-corrected chi connectivity index (χ0v) is 11.1. The maximum Gasteiger partial charge on any atom is 0.0584 e. The van der Waals surface area contributed by atoms with Crippen LogP contribution in [0.1, 0.15) is 39.0 Å². The fourth-order valence-electron chi connectivity index (χ4n) is 2.89. The van der Waals surface area contributed by atoms with E-state index in [0.29, 0.717) is 5.41 Å². The highest BCUT2D eigenvalue weighted by atomic mass is 16.3. The standard InChI is InChI=1S/C13H28N2O/c1-12(9-16)15(3)11-13(10-14-2)7-5-4-6-8-13/h12,14,16H,4-11H2,1-3H3. The Morgan fingerprint density at radius 3 is 2.44 bits per heavy atom. The molecule has 1 aliphatic carbocycles. The summed E-state index contributed by atoms with van der Waals surface area (Å²) < 4.78 is 0. The Hall–Kier alpha value is -0.120. The summed E-state index contributed by atoms with van der Waals surface area (Å²) in [6, 6.07) is 0.274. The van der Waals surface area contributed by atoms with Crippen molar-refractivity contribution in [1.29, 1.82) is 0 Å². The lowest BCUT2D eigenvalue weighted by Crippen LogP contribution is -2.46. The number of hydrogen-bond acceptors (Lipinski definition) is 3. The Morgan fingerprint density at radius 2 is 1.94 bits per heavy atom. The van der Waals surface area contributed by atoms with Gasteiger partial charge in [-0.2, -0.15) is 0 Å². The zero-order valence-electron chi connectivity index (χ0n) is 11.1. The largest absolute Gasteiger partial charge is 0.395 e. The van der Waals surface area contributed by atoms with Gasteiger partial charge in [-0.15, -0.1) is 0 Å². The maximum atomic E-state index is 9.19. The van der Waals surface area contributed by atoms with Crippen molar-refractivity contribution in [3.63, 3.8) is 0 Å². The summed E-state index contributed by atoms with van der Waals surface area (Å²) in [5, 5.41) is 12.5. The van der Waals surface area contributed by atoms with E-state index >= 15 is 0 Å². The van der Waals surface area contributed by atoms with Crippen molar-refractivity contribution in [3.05, 3.63) is 0 Å². The van der Waals surface area contributed by atoms with Crippen LogP contribution in [0, 0.1) is 5.41 Å². The molecule has 0 saturated heterocycles. The number of likely N-dealkylation sites (N-methyl/N-ethyl adjacent to an activating group) is 1. The van der Waals surface area contributed by atoms with E-state index in [0.717, 1.165) is 13.1 Å². The number of rotatable bonds is 6. The molecule has 2 N–H and O–H groups in total. The van der Waals surface area contributed by atoms with Gasteiger partial charge in [0.25, 0.3) is 0 Å². The van der Waals surface area contributed by atoms with Gasteiger partial charge in [0.05, 0.1) is 6.61 Å². The average molecular weight is 228 g/mol. The molecule has 0 aromatic carbocycles. The average Bonchev–Trinajstić information content (AvgIpc) is 2.29. The van der Waals surface area contributed by atoms with Crippen molar-refractivity contribution in [1.82, 2.24) is 10.2 Å². The summed E-state index contributed by atoms with van der Waals surface area (Å²) in [5.74, 6) is 0. The van der Waals surface area contributed by atoms with Crippen LogP contribution in [-0.2, 0) is 0 Å². The molecule has 1 rings (SSSR count). The Bertz CT molecular complexity index is 185. The lowest BCUT2D eigenvalue weighted by molar-refractivity contribution is 0.0766. The summed E-state index contributed by atoms with van der Waals surface area (Å²) in [5.41, 5.74) is 0.436. The summed E-state index contributed by atoms with van der Waals surface area (Å²) in [6.07, 6.45) is 6.78. The second-order valence-electron chi connectivity index (χ2n) is 5.54. The molecule has 0 amide bonds. The van der Waals surface area contributed by atoms with E-state index in [9.17, 15) is 5.11 Å². The van der Waals surface area contributed by atoms with Gasteiger partial charge in [0.2, 0.25) is 0 Å². The fraction of sp³-hybridized carbons (Fsp3) is 1.00. The molecule has 96 valence electrons. The smallest absolute Gasteiger partial charge is 0.0584 e. The Labute approximate surface area is 100 Å². The maximum absolute atomic E-state index is 9.19. The highest BCUT2D eigenvalue weighted by Crippen LogP contribution is 2.36. The zero-order chi connectivity index (χ0) is 12.0. The number of nitrogens with one attached hydrogen (secondary N) is 1. The van der Waals surface area contributed by atoms with Crippen LogP contribution in [0.4, 0.5) is 0 Å². The fourth-order valence-corrected chi connectivity index (χ4v) is 2.89. The SMILES string of the molecule is CNCC1(CN(C)C(C)CO)CCCCC1. The van der Waals surface area contributed by atoms with Crippen molar-refractivity contribution < 1.29 is 5.11 Å². The Balaban J connectivity index is 2.55. The van der Waals surface area contributed by atoms with Crippen LogP contribution in [-0.4, -0.2) is 49.8 Å². The molecule has 0 spiro atoms. The highest BCUT2D eigenvalue weighted by Gasteiger charge is 2.33. The summed E-state index contributed by atoms with van der Waals surface area (Å²) >= 11 is 0.